The molecule has 0 aliphatic carbocycles. The number of hydrogen-bond donors (Lipinski definition) is 0. The Bertz CT molecular complexity index is 2950. The lowest BCUT2D eigenvalue weighted by Gasteiger charge is -2.14. The first-order valence-corrected chi connectivity index (χ1v) is 17.7. The second-order valence-electron chi connectivity index (χ2n) is 13.4. The summed E-state index contributed by atoms with van der Waals surface area (Å²) in [6, 6.07) is 64.8. The number of fused-ring (bicyclic) bond motifs is 9. The van der Waals surface area contributed by atoms with Crippen molar-refractivity contribution < 1.29 is 0 Å². The summed E-state index contributed by atoms with van der Waals surface area (Å²) in [6.45, 7) is 0. The molecule has 0 amide bonds. The highest BCUT2D eigenvalue weighted by atomic mass is 15.1. The van der Waals surface area contributed by atoms with E-state index >= 15 is 0 Å². The SMILES string of the molecule is c1ccc2c(c1)cc(-c1ccc(-c3nc(-n4c5ccccc5c5ccccc54)cc(-n4c5ccccc5c5ccccc54)n3)cc1)c1ccccc12. The van der Waals surface area contributed by atoms with E-state index in [1.807, 2.05) is 0 Å². The average molecular weight is 663 g/mol. The van der Waals surface area contributed by atoms with Gasteiger partial charge in [0.15, 0.2) is 5.82 Å². The van der Waals surface area contributed by atoms with E-state index < -0.39 is 0 Å². The van der Waals surface area contributed by atoms with Gasteiger partial charge in [-0.1, -0.05) is 146 Å². The van der Waals surface area contributed by atoms with Gasteiger partial charge in [-0.15, -0.1) is 0 Å². The van der Waals surface area contributed by atoms with Crippen LogP contribution >= 0.6 is 0 Å². The highest BCUT2D eigenvalue weighted by molar-refractivity contribution is 6.14. The van der Waals surface area contributed by atoms with Crippen molar-refractivity contribution in [3.63, 3.8) is 0 Å². The van der Waals surface area contributed by atoms with E-state index in [9.17, 15) is 0 Å². The molecule has 4 heteroatoms. The van der Waals surface area contributed by atoms with E-state index in [0.717, 1.165) is 44.8 Å². The summed E-state index contributed by atoms with van der Waals surface area (Å²) in [5.74, 6) is 2.32. The summed E-state index contributed by atoms with van der Waals surface area (Å²) in [5.41, 5.74) is 7.78. The van der Waals surface area contributed by atoms with Crippen molar-refractivity contribution in [2.24, 2.45) is 0 Å². The van der Waals surface area contributed by atoms with E-state index in [-0.39, 0.29) is 0 Å². The molecule has 52 heavy (non-hydrogen) atoms. The zero-order valence-corrected chi connectivity index (χ0v) is 28.1. The molecule has 0 saturated carbocycles. The molecule has 11 aromatic rings. The van der Waals surface area contributed by atoms with E-state index in [2.05, 4.69) is 191 Å². The molecule has 0 fully saturated rings. The van der Waals surface area contributed by atoms with Crippen molar-refractivity contribution in [1.29, 1.82) is 0 Å². The molecule has 11 rings (SSSR count). The third-order valence-corrected chi connectivity index (χ3v) is 10.5. The molecule has 0 atom stereocenters. The summed E-state index contributed by atoms with van der Waals surface area (Å²) >= 11 is 0. The Morgan fingerprint density at radius 3 is 1.19 bits per heavy atom. The monoisotopic (exact) mass is 662 g/mol. The molecule has 0 aliphatic rings. The van der Waals surface area contributed by atoms with Crippen LogP contribution in [0.15, 0.2) is 182 Å². The van der Waals surface area contributed by atoms with Gasteiger partial charge >= 0.3 is 0 Å². The minimum absolute atomic E-state index is 0.672. The van der Waals surface area contributed by atoms with Crippen LogP contribution in [0.1, 0.15) is 0 Å². The largest absolute Gasteiger partial charge is 0.294 e. The van der Waals surface area contributed by atoms with Crippen LogP contribution in [0.3, 0.4) is 0 Å². The highest BCUT2D eigenvalue weighted by Gasteiger charge is 2.19. The second-order valence-corrected chi connectivity index (χ2v) is 13.4. The van der Waals surface area contributed by atoms with E-state index in [1.54, 1.807) is 0 Å². The van der Waals surface area contributed by atoms with Crippen LogP contribution in [0.5, 0.6) is 0 Å². The first kappa shape index (κ1) is 28.8. The molecule has 0 saturated heterocycles. The zero-order valence-electron chi connectivity index (χ0n) is 28.1. The number of rotatable bonds is 4. The van der Waals surface area contributed by atoms with Gasteiger partial charge in [-0.05, 0) is 63.0 Å². The van der Waals surface area contributed by atoms with Crippen LogP contribution < -0.4 is 0 Å². The van der Waals surface area contributed by atoms with Crippen molar-refractivity contribution >= 4 is 65.2 Å². The molecule has 0 spiro atoms. The molecular formula is C48H30N4. The van der Waals surface area contributed by atoms with Crippen LogP contribution in [-0.4, -0.2) is 19.1 Å². The first-order chi connectivity index (χ1) is 25.8. The summed E-state index contributed by atoms with van der Waals surface area (Å²) in [7, 11) is 0. The number of aromatic nitrogens is 4. The van der Waals surface area contributed by atoms with Gasteiger partial charge in [0.2, 0.25) is 0 Å². The number of nitrogens with zero attached hydrogens (tertiary/aromatic N) is 4. The molecule has 0 bridgehead atoms. The van der Waals surface area contributed by atoms with E-state index in [4.69, 9.17) is 9.97 Å². The maximum Gasteiger partial charge on any atom is 0.163 e. The van der Waals surface area contributed by atoms with Gasteiger partial charge in [-0.2, -0.15) is 0 Å². The maximum atomic E-state index is 5.35. The number of para-hydroxylation sites is 4. The molecule has 242 valence electrons. The molecular weight excluding hydrogens is 633 g/mol. The number of hydrogen-bond acceptors (Lipinski definition) is 2. The topological polar surface area (TPSA) is 35.6 Å². The first-order valence-electron chi connectivity index (χ1n) is 17.7. The number of benzene rings is 8. The Morgan fingerprint density at radius 2 is 0.692 bits per heavy atom. The molecule has 3 heterocycles. The average Bonchev–Trinajstić information content (AvgIpc) is 3.74. The lowest BCUT2D eigenvalue weighted by molar-refractivity contribution is 0.994. The minimum Gasteiger partial charge on any atom is -0.294 e. The molecule has 0 aliphatic heterocycles. The molecule has 4 nitrogen and oxygen atoms in total. The molecule has 8 aromatic carbocycles. The Labute approximate surface area is 299 Å². The normalized spacial score (nSPS) is 11.8. The van der Waals surface area contributed by atoms with Crippen molar-refractivity contribution in [2.45, 2.75) is 0 Å². The van der Waals surface area contributed by atoms with Crippen LogP contribution in [-0.2, 0) is 0 Å². The highest BCUT2D eigenvalue weighted by Crippen LogP contribution is 2.38. The standard InChI is InChI=1S/C48H30N4/c1-2-14-34-33(13-1)29-41(36-16-4-3-15-35(34)36)31-25-27-32(28-26-31)48-49-46(51-42-21-9-5-17-37(42)38-18-6-10-22-43(38)51)30-47(50-48)52-44-23-11-7-19-39(44)40-20-8-12-24-45(40)52/h1-30H. The van der Waals surface area contributed by atoms with Gasteiger partial charge in [0.1, 0.15) is 11.6 Å². The van der Waals surface area contributed by atoms with Crippen LogP contribution in [0.4, 0.5) is 0 Å². The molecule has 0 N–H and O–H groups in total. The predicted octanol–water partition coefficient (Wildman–Crippen LogP) is 12.3. The Hall–Kier alpha value is -7.04. The van der Waals surface area contributed by atoms with Gasteiger partial charge in [-0.3, -0.25) is 9.13 Å². The lowest BCUT2D eigenvalue weighted by Crippen LogP contribution is -2.06. The van der Waals surface area contributed by atoms with E-state index in [0.29, 0.717) is 5.82 Å². The van der Waals surface area contributed by atoms with Crippen molar-refractivity contribution in [3.8, 4) is 34.2 Å². The minimum atomic E-state index is 0.672. The summed E-state index contributed by atoms with van der Waals surface area (Å²) < 4.78 is 4.56. The summed E-state index contributed by atoms with van der Waals surface area (Å²) in [4.78, 5) is 10.7. The van der Waals surface area contributed by atoms with Gasteiger partial charge < -0.3 is 0 Å². The maximum absolute atomic E-state index is 5.35. The smallest absolute Gasteiger partial charge is 0.163 e. The third-order valence-electron chi connectivity index (χ3n) is 10.5. The lowest BCUT2D eigenvalue weighted by atomic mass is 9.93. The van der Waals surface area contributed by atoms with Gasteiger partial charge in [-0.25, -0.2) is 9.97 Å². The summed E-state index contributed by atoms with van der Waals surface area (Å²) in [6.07, 6.45) is 0. The molecule has 3 aromatic heterocycles. The van der Waals surface area contributed by atoms with Crippen LogP contribution in [0.2, 0.25) is 0 Å². The van der Waals surface area contributed by atoms with Crippen LogP contribution in [0.25, 0.3) is 99.3 Å². The second kappa shape index (κ2) is 11.2. The van der Waals surface area contributed by atoms with Gasteiger partial charge in [0.05, 0.1) is 22.1 Å². The Kier molecular flexibility index (Phi) is 6.22. The fourth-order valence-electron chi connectivity index (χ4n) is 8.21. The van der Waals surface area contributed by atoms with Crippen molar-refractivity contribution in [2.75, 3.05) is 0 Å². The quantitative estimate of drug-likeness (QED) is 0.176. The third kappa shape index (κ3) is 4.28. The fourth-order valence-corrected chi connectivity index (χ4v) is 8.21. The van der Waals surface area contributed by atoms with Crippen LogP contribution in [0, 0.1) is 0 Å². The summed E-state index contributed by atoms with van der Waals surface area (Å²) in [5, 5.41) is 9.80. The van der Waals surface area contributed by atoms with Crippen molar-refractivity contribution in [1.82, 2.24) is 19.1 Å². The predicted molar refractivity (Wildman–Crippen MR) is 217 cm³/mol. The Morgan fingerprint density at radius 1 is 0.308 bits per heavy atom. The molecule has 0 unspecified atom stereocenters. The van der Waals surface area contributed by atoms with Gasteiger partial charge in [0.25, 0.3) is 0 Å². The zero-order chi connectivity index (χ0) is 34.2. The fraction of sp³-hybridized carbons (Fsp3) is 0. The molecule has 0 radical (unpaired) electrons. The van der Waals surface area contributed by atoms with Crippen molar-refractivity contribution in [3.05, 3.63) is 182 Å². The van der Waals surface area contributed by atoms with Gasteiger partial charge in [0, 0.05) is 33.2 Å². The Balaban J connectivity index is 1.16. The van der Waals surface area contributed by atoms with E-state index in [1.165, 1.54) is 48.7 Å².